The Morgan fingerprint density at radius 1 is 1.17 bits per heavy atom. The third-order valence-electron chi connectivity index (χ3n) is 5.51. The maximum atomic E-state index is 8.83. The van der Waals surface area contributed by atoms with Gasteiger partial charge < -0.3 is 15.4 Å². The van der Waals surface area contributed by atoms with E-state index in [-0.39, 0.29) is 12.2 Å². The molecular weight excluding hydrogens is 390 g/mol. The average molecular weight is 414 g/mol. The SMILES string of the molecule is COc1c(C2CC(Nc3cnc(C#N)cn3)NN2)ccc(C2CCNCC2)c1Cl. The van der Waals surface area contributed by atoms with E-state index in [1.807, 2.05) is 6.07 Å². The average Bonchev–Trinajstić information content (AvgIpc) is 3.23. The Morgan fingerprint density at radius 3 is 2.66 bits per heavy atom. The molecule has 29 heavy (non-hydrogen) atoms. The van der Waals surface area contributed by atoms with E-state index < -0.39 is 0 Å². The van der Waals surface area contributed by atoms with Crippen LogP contribution in [-0.2, 0) is 0 Å². The number of piperidine rings is 1. The fourth-order valence-electron chi connectivity index (χ4n) is 4.01. The number of anilines is 1. The molecule has 152 valence electrons. The van der Waals surface area contributed by atoms with E-state index in [0.717, 1.165) is 43.7 Å². The Balaban J connectivity index is 1.48. The van der Waals surface area contributed by atoms with E-state index in [2.05, 4.69) is 43.6 Å². The van der Waals surface area contributed by atoms with Crippen molar-refractivity contribution < 1.29 is 4.74 Å². The van der Waals surface area contributed by atoms with Gasteiger partial charge in [0.05, 0.1) is 36.7 Å². The van der Waals surface area contributed by atoms with E-state index in [1.165, 1.54) is 11.8 Å². The summed E-state index contributed by atoms with van der Waals surface area (Å²) in [5.74, 6) is 1.81. The first kappa shape index (κ1) is 19.9. The molecule has 4 rings (SSSR count). The number of methoxy groups -OCH3 is 1. The molecular formula is C20H24ClN7O. The normalized spacial score (nSPS) is 22.2. The fraction of sp³-hybridized carbons (Fsp3) is 0.450. The van der Waals surface area contributed by atoms with Crippen LogP contribution < -0.4 is 26.2 Å². The van der Waals surface area contributed by atoms with Crippen LogP contribution in [0.1, 0.15) is 48.0 Å². The molecule has 0 aliphatic carbocycles. The number of nitrogens with zero attached hydrogens (tertiary/aromatic N) is 3. The first-order valence-electron chi connectivity index (χ1n) is 9.76. The summed E-state index contributed by atoms with van der Waals surface area (Å²) >= 11 is 6.77. The van der Waals surface area contributed by atoms with E-state index in [0.29, 0.717) is 22.5 Å². The Hall–Kier alpha value is -2.44. The standard InChI is InChI=1S/C20H24ClN7O/c1-29-20-15(3-2-14(19(20)21)12-4-6-23-7-5-12)16-8-17(28-27-16)26-18-11-24-13(9-22)10-25-18/h2-3,10-12,16-17,23,27-28H,4-8H2,1H3,(H,25,26). The highest BCUT2D eigenvalue weighted by Crippen LogP contribution is 2.42. The quantitative estimate of drug-likeness (QED) is 0.592. The topological polar surface area (TPSA) is 107 Å². The van der Waals surface area contributed by atoms with Gasteiger partial charge in [-0.05, 0) is 37.4 Å². The molecule has 0 amide bonds. The van der Waals surface area contributed by atoms with Gasteiger partial charge in [-0.3, -0.25) is 0 Å². The van der Waals surface area contributed by atoms with E-state index >= 15 is 0 Å². The number of hydrogen-bond donors (Lipinski definition) is 4. The molecule has 0 bridgehead atoms. The predicted molar refractivity (Wildman–Crippen MR) is 111 cm³/mol. The Bertz CT molecular complexity index is 893. The monoisotopic (exact) mass is 413 g/mol. The first-order valence-corrected chi connectivity index (χ1v) is 10.1. The van der Waals surface area contributed by atoms with Crippen LogP contribution in [0.4, 0.5) is 5.82 Å². The molecule has 2 aliphatic rings. The van der Waals surface area contributed by atoms with Gasteiger partial charge in [0.15, 0.2) is 5.69 Å². The molecule has 2 atom stereocenters. The third kappa shape index (κ3) is 4.28. The van der Waals surface area contributed by atoms with Gasteiger partial charge in [-0.2, -0.15) is 5.26 Å². The summed E-state index contributed by atoms with van der Waals surface area (Å²) < 4.78 is 5.71. The smallest absolute Gasteiger partial charge is 0.158 e. The highest BCUT2D eigenvalue weighted by molar-refractivity contribution is 6.33. The van der Waals surface area contributed by atoms with Crippen molar-refractivity contribution in [3.05, 3.63) is 46.4 Å². The van der Waals surface area contributed by atoms with Crippen molar-refractivity contribution in [3.63, 3.8) is 0 Å². The highest BCUT2D eigenvalue weighted by Gasteiger charge is 2.30. The minimum Gasteiger partial charge on any atom is -0.495 e. The minimum atomic E-state index is -0.0465. The molecule has 2 fully saturated rings. The molecule has 0 spiro atoms. The largest absolute Gasteiger partial charge is 0.495 e. The second-order valence-electron chi connectivity index (χ2n) is 7.29. The minimum absolute atomic E-state index is 0.0355. The van der Waals surface area contributed by atoms with Crippen molar-refractivity contribution in [1.82, 2.24) is 26.1 Å². The number of nitriles is 1. The van der Waals surface area contributed by atoms with Crippen LogP contribution in [0.25, 0.3) is 0 Å². The molecule has 9 heteroatoms. The number of aromatic nitrogens is 2. The number of nitrogens with one attached hydrogen (secondary N) is 4. The molecule has 1 aromatic carbocycles. The van der Waals surface area contributed by atoms with Gasteiger partial charge in [-0.25, -0.2) is 20.8 Å². The van der Waals surface area contributed by atoms with Crippen molar-refractivity contribution in [1.29, 1.82) is 5.26 Å². The van der Waals surface area contributed by atoms with Gasteiger partial charge in [0.1, 0.15) is 17.6 Å². The van der Waals surface area contributed by atoms with Crippen LogP contribution >= 0.6 is 11.6 Å². The van der Waals surface area contributed by atoms with Crippen LogP contribution in [0, 0.1) is 11.3 Å². The molecule has 0 radical (unpaired) electrons. The summed E-state index contributed by atoms with van der Waals surface area (Å²) in [6, 6.07) is 6.26. The predicted octanol–water partition coefficient (Wildman–Crippen LogP) is 2.45. The van der Waals surface area contributed by atoms with Crippen molar-refractivity contribution in [2.45, 2.75) is 37.4 Å². The van der Waals surface area contributed by atoms with Crippen LogP contribution in [0.15, 0.2) is 24.5 Å². The maximum Gasteiger partial charge on any atom is 0.158 e. The number of ether oxygens (including phenoxy) is 1. The van der Waals surface area contributed by atoms with E-state index in [9.17, 15) is 0 Å². The molecule has 0 saturated carbocycles. The van der Waals surface area contributed by atoms with Gasteiger partial charge in [-0.15, -0.1) is 0 Å². The van der Waals surface area contributed by atoms with Crippen molar-refractivity contribution >= 4 is 17.4 Å². The van der Waals surface area contributed by atoms with E-state index in [1.54, 1.807) is 13.3 Å². The Morgan fingerprint density at radius 2 is 1.97 bits per heavy atom. The summed E-state index contributed by atoms with van der Waals surface area (Å²) in [7, 11) is 1.67. The number of benzene rings is 1. The maximum absolute atomic E-state index is 8.83. The third-order valence-corrected chi connectivity index (χ3v) is 5.90. The Labute approximate surface area is 175 Å². The van der Waals surface area contributed by atoms with Crippen LogP contribution in [-0.4, -0.2) is 36.3 Å². The molecule has 8 nitrogen and oxygen atoms in total. The highest BCUT2D eigenvalue weighted by atomic mass is 35.5. The zero-order chi connectivity index (χ0) is 20.2. The van der Waals surface area contributed by atoms with Crippen molar-refractivity contribution in [3.8, 4) is 11.8 Å². The van der Waals surface area contributed by atoms with Crippen LogP contribution in [0.3, 0.4) is 0 Å². The zero-order valence-electron chi connectivity index (χ0n) is 16.2. The summed E-state index contributed by atoms with van der Waals surface area (Å²) in [5, 5.41) is 16.2. The van der Waals surface area contributed by atoms with Crippen LogP contribution in [0.2, 0.25) is 5.02 Å². The summed E-state index contributed by atoms with van der Waals surface area (Å²) in [5.41, 5.74) is 9.02. The van der Waals surface area contributed by atoms with Gasteiger partial charge >= 0.3 is 0 Å². The molecule has 2 aromatic rings. The van der Waals surface area contributed by atoms with Gasteiger partial charge in [0, 0.05) is 12.0 Å². The van der Waals surface area contributed by atoms with Gasteiger partial charge in [0.25, 0.3) is 0 Å². The van der Waals surface area contributed by atoms with E-state index in [4.69, 9.17) is 21.6 Å². The number of rotatable bonds is 5. The second-order valence-corrected chi connectivity index (χ2v) is 7.67. The molecule has 4 N–H and O–H groups in total. The van der Waals surface area contributed by atoms with Crippen molar-refractivity contribution in [2.24, 2.45) is 0 Å². The molecule has 3 heterocycles. The molecule has 2 aliphatic heterocycles. The summed E-state index contributed by atoms with van der Waals surface area (Å²) in [4.78, 5) is 8.24. The van der Waals surface area contributed by atoms with Gasteiger partial charge in [-0.1, -0.05) is 23.7 Å². The fourth-order valence-corrected chi connectivity index (χ4v) is 4.41. The number of hydrazine groups is 1. The Kier molecular flexibility index (Phi) is 6.11. The zero-order valence-corrected chi connectivity index (χ0v) is 17.0. The molecule has 2 unspecified atom stereocenters. The molecule has 1 aromatic heterocycles. The first-order chi connectivity index (χ1) is 14.2. The number of halogens is 1. The lowest BCUT2D eigenvalue weighted by molar-refractivity contribution is 0.399. The van der Waals surface area contributed by atoms with Crippen LogP contribution in [0.5, 0.6) is 5.75 Å². The van der Waals surface area contributed by atoms with Gasteiger partial charge in [0.2, 0.25) is 0 Å². The van der Waals surface area contributed by atoms with Crippen molar-refractivity contribution in [2.75, 3.05) is 25.5 Å². The summed E-state index contributed by atoms with van der Waals surface area (Å²) in [6.45, 7) is 2.04. The number of hydrogen-bond acceptors (Lipinski definition) is 8. The lowest BCUT2D eigenvalue weighted by Gasteiger charge is -2.26. The summed E-state index contributed by atoms with van der Waals surface area (Å²) in [6.07, 6.45) is 5.89. The lowest BCUT2D eigenvalue weighted by Crippen LogP contribution is -2.36. The molecule has 2 saturated heterocycles. The second kappa shape index (κ2) is 8.93. The lowest BCUT2D eigenvalue weighted by atomic mass is 9.88.